The molecule has 3 N–H and O–H groups in total. The number of benzene rings is 2. The van der Waals surface area contributed by atoms with E-state index in [4.69, 9.17) is 0 Å². The van der Waals surface area contributed by atoms with Gasteiger partial charge in [-0.15, -0.1) is 0 Å². The van der Waals surface area contributed by atoms with Crippen molar-refractivity contribution in [2.24, 2.45) is 0 Å². The third-order valence-corrected chi connectivity index (χ3v) is 3.49. The predicted molar refractivity (Wildman–Crippen MR) is 88.6 cm³/mol. The van der Waals surface area contributed by atoms with Crippen LogP contribution in [0.3, 0.4) is 0 Å². The lowest BCUT2D eigenvalue weighted by Crippen LogP contribution is -2.40. The van der Waals surface area contributed by atoms with E-state index >= 15 is 0 Å². The minimum atomic E-state index is -0.695. The molecular formula is C18H22N2O2. The Labute approximate surface area is 131 Å². The van der Waals surface area contributed by atoms with E-state index in [1.54, 1.807) is 0 Å². The fraction of sp³-hybridized carbons (Fsp3) is 0.278. The molecule has 0 aliphatic heterocycles. The highest BCUT2D eigenvalue weighted by molar-refractivity contribution is 5.84. The molecule has 0 saturated heterocycles. The molecule has 0 radical (unpaired) electrons. The van der Waals surface area contributed by atoms with Gasteiger partial charge >= 0.3 is 0 Å². The summed E-state index contributed by atoms with van der Waals surface area (Å²) in [7, 11) is 0. The molecule has 4 nitrogen and oxygen atoms in total. The van der Waals surface area contributed by atoms with E-state index in [1.165, 1.54) is 0 Å². The van der Waals surface area contributed by atoms with Crippen molar-refractivity contribution in [3.8, 4) is 0 Å². The van der Waals surface area contributed by atoms with Crippen molar-refractivity contribution in [1.29, 1.82) is 0 Å². The minimum Gasteiger partial charge on any atom is -0.387 e. The Morgan fingerprint density at radius 1 is 1.05 bits per heavy atom. The van der Waals surface area contributed by atoms with Crippen LogP contribution in [0.1, 0.15) is 25.0 Å². The molecule has 0 fully saturated rings. The van der Waals surface area contributed by atoms with Gasteiger partial charge in [0.05, 0.1) is 6.10 Å². The third-order valence-electron chi connectivity index (χ3n) is 3.49. The van der Waals surface area contributed by atoms with Crippen LogP contribution in [-0.2, 0) is 4.79 Å². The number of para-hydroxylation sites is 1. The van der Waals surface area contributed by atoms with E-state index in [-0.39, 0.29) is 18.5 Å². The van der Waals surface area contributed by atoms with Gasteiger partial charge in [0.1, 0.15) is 6.04 Å². The van der Waals surface area contributed by atoms with Gasteiger partial charge in [-0.1, -0.05) is 55.5 Å². The number of hydrogen-bond acceptors (Lipinski definition) is 3. The summed E-state index contributed by atoms with van der Waals surface area (Å²) in [5.74, 6) is -0.110. The Morgan fingerprint density at radius 3 is 2.23 bits per heavy atom. The highest BCUT2D eigenvalue weighted by Gasteiger charge is 2.17. The molecule has 0 aliphatic rings. The highest BCUT2D eigenvalue weighted by Crippen LogP contribution is 2.12. The number of nitrogens with one attached hydrogen (secondary N) is 2. The maximum atomic E-state index is 12.2. The van der Waals surface area contributed by atoms with Crippen LogP contribution in [0.4, 0.5) is 5.69 Å². The molecule has 0 unspecified atom stereocenters. The van der Waals surface area contributed by atoms with Crippen LogP contribution in [0.25, 0.3) is 0 Å². The number of rotatable bonds is 7. The molecule has 0 spiro atoms. The molecule has 116 valence electrons. The molecule has 0 bridgehead atoms. The summed E-state index contributed by atoms with van der Waals surface area (Å²) in [6.45, 7) is 2.16. The summed E-state index contributed by atoms with van der Waals surface area (Å²) < 4.78 is 0. The number of anilines is 1. The second-order valence-electron chi connectivity index (χ2n) is 5.14. The number of hydrogen-bond donors (Lipinski definition) is 3. The van der Waals surface area contributed by atoms with Gasteiger partial charge in [0.25, 0.3) is 0 Å². The standard InChI is InChI=1S/C18H22N2O2/c1-2-16(20-15-11-7-4-8-12-15)18(22)19-13-17(21)14-9-5-3-6-10-14/h3-12,16-17,20-21H,2,13H2,1H3,(H,19,22)/t16-,17-/m0/s1. The first-order valence-electron chi connectivity index (χ1n) is 7.53. The Kier molecular flexibility index (Phi) is 5.98. The number of amides is 1. The van der Waals surface area contributed by atoms with Crippen molar-refractivity contribution in [3.05, 3.63) is 66.2 Å². The summed E-state index contributed by atoms with van der Waals surface area (Å²) in [6.07, 6.45) is -0.0262. The summed E-state index contributed by atoms with van der Waals surface area (Å²) in [5, 5.41) is 16.1. The predicted octanol–water partition coefficient (Wildman–Crippen LogP) is 2.73. The molecule has 2 aromatic rings. The Balaban J connectivity index is 1.87. The topological polar surface area (TPSA) is 61.4 Å². The molecule has 4 heteroatoms. The third kappa shape index (κ3) is 4.60. The van der Waals surface area contributed by atoms with Gasteiger partial charge in [-0.25, -0.2) is 0 Å². The molecule has 2 atom stereocenters. The summed E-state index contributed by atoms with van der Waals surface area (Å²) in [5.41, 5.74) is 1.71. The SMILES string of the molecule is CC[C@H](Nc1ccccc1)C(=O)NC[C@H](O)c1ccccc1. The van der Waals surface area contributed by atoms with Crippen LogP contribution in [0, 0.1) is 0 Å². The number of carbonyl (C=O) groups excluding carboxylic acids is 1. The lowest BCUT2D eigenvalue weighted by molar-refractivity contribution is -0.122. The molecule has 0 heterocycles. The fourth-order valence-corrected chi connectivity index (χ4v) is 2.20. The van der Waals surface area contributed by atoms with Crippen molar-refractivity contribution in [3.63, 3.8) is 0 Å². The zero-order valence-electron chi connectivity index (χ0n) is 12.7. The lowest BCUT2D eigenvalue weighted by Gasteiger charge is -2.19. The first-order chi connectivity index (χ1) is 10.7. The van der Waals surface area contributed by atoms with Gasteiger partial charge < -0.3 is 15.7 Å². The Morgan fingerprint density at radius 2 is 1.64 bits per heavy atom. The van der Waals surface area contributed by atoms with Gasteiger partial charge in [0, 0.05) is 12.2 Å². The Bertz CT molecular complexity index is 572. The van der Waals surface area contributed by atoms with Crippen molar-refractivity contribution in [1.82, 2.24) is 5.32 Å². The van der Waals surface area contributed by atoms with Crippen molar-refractivity contribution in [2.45, 2.75) is 25.5 Å². The molecule has 2 aromatic carbocycles. The molecule has 1 amide bonds. The highest BCUT2D eigenvalue weighted by atomic mass is 16.3. The van der Waals surface area contributed by atoms with Crippen LogP contribution in [0.15, 0.2) is 60.7 Å². The maximum absolute atomic E-state index is 12.2. The zero-order valence-corrected chi connectivity index (χ0v) is 12.7. The molecule has 0 aliphatic carbocycles. The number of aliphatic hydroxyl groups excluding tert-OH is 1. The van der Waals surface area contributed by atoms with E-state index in [1.807, 2.05) is 67.6 Å². The van der Waals surface area contributed by atoms with Gasteiger partial charge in [-0.3, -0.25) is 4.79 Å². The van der Waals surface area contributed by atoms with Gasteiger partial charge in [0.2, 0.25) is 5.91 Å². The summed E-state index contributed by atoms with van der Waals surface area (Å²) >= 11 is 0. The quantitative estimate of drug-likeness (QED) is 0.736. The smallest absolute Gasteiger partial charge is 0.242 e. The van der Waals surface area contributed by atoms with E-state index in [2.05, 4.69) is 10.6 Å². The first-order valence-corrected chi connectivity index (χ1v) is 7.53. The van der Waals surface area contributed by atoms with E-state index in [9.17, 15) is 9.90 Å². The van der Waals surface area contributed by atoms with Crippen LogP contribution in [0.2, 0.25) is 0 Å². The maximum Gasteiger partial charge on any atom is 0.242 e. The van der Waals surface area contributed by atoms with Crippen molar-refractivity contribution < 1.29 is 9.90 Å². The lowest BCUT2D eigenvalue weighted by atomic mass is 10.1. The molecule has 2 rings (SSSR count). The van der Waals surface area contributed by atoms with Crippen molar-refractivity contribution >= 4 is 11.6 Å². The normalized spacial score (nSPS) is 13.2. The fourth-order valence-electron chi connectivity index (χ4n) is 2.20. The first kappa shape index (κ1) is 16.0. The molecular weight excluding hydrogens is 276 g/mol. The summed E-state index contributed by atoms with van der Waals surface area (Å²) in [4.78, 5) is 12.2. The monoisotopic (exact) mass is 298 g/mol. The minimum absolute atomic E-state index is 0.110. The molecule has 0 saturated carbocycles. The number of carbonyl (C=O) groups is 1. The average Bonchev–Trinajstić information content (AvgIpc) is 2.59. The summed E-state index contributed by atoms with van der Waals surface area (Å²) in [6, 6.07) is 18.6. The van der Waals surface area contributed by atoms with E-state index in [0.29, 0.717) is 6.42 Å². The van der Waals surface area contributed by atoms with E-state index in [0.717, 1.165) is 11.3 Å². The van der Waals surface area contributed by atoms with Crippen molar-refractivity contribution in [2.75, 3.05) is 11.9 Å². The Hall–Kier alpha value is -2.33. The zero-order chi connectivity index (χ0) is 15.8. The van der Waals surface area contributed by atoms with Crippen LogP contribution in [0.5, 0.6) is 0 Å². The molecule has 0 aromatic heterocycles. The number of aliphatic hydroxyl groups is 1. The second kappa shape index (κ2) is 8.20. The second-order valence-corrected chi connectivity index (χ2v) is 5.14. The molecule has 22 heavy (non-hydrogen) atoms. The van der Waals surface area contributed by atoms with E-state index < -0.39 is 6.10 Å². The van der Waals surface area contributed by atoms with Gasteiger partial charge in [-0.05, 0) is 24.1 Å². The average molecular weight is 298 g/mol. The van der Waals surface area contributed by atoms with Gasteiger partial charge in [-0.2, -0.15) is 0 Å². The largest absolute Gasteiger partial charge is 0.387 e. The van der Waals surface area contributed by atoms with Crippen LogP contribution in [-0.4, -0.2) is 23.6 Å². The van der Waals surface area contributed by atoms with Crippen LogP contribution >= 0.6 is 0 Å². The van der Waals surface area contributed by atoms with Gasteiger partial charge in [0.15, 0.2) is 0 Å². The van der Waals surface area contributed by atoms with Crippen LogP contribution < -0.4 is 10.6 Å².